The van der Waals surface area contributed by atoms with E-state index in [1.165, 1.54) is 43.6 Å². The van der Waals surface area contributed by atoms with Crippen molar-refractivity contribution in [3.05, 3.63) is 212 Å². The number of hydrogen-bond donors (Lipinski definition) is 0. The molecule has 67 heavy (non-hydrogen) atoms. The number of hydrogen-bond acceptors (Lipinski definition) is 4. The lowest BCUT2D eigenvalue weighted by Crippen LogP contribution is -2.04. The van der Waals surface area contributed by atoms with Crippen LogP contribution in [0.15, 0.2) is 212 Å². The highest BCUT2D eigenvalue weighted by molar-refractivity contribution is 6.14. The maximum Gasteiger partial charge on any atom is 0.237 e. The Morgan fingerprint density at radius 2 is 0.701 bits per heavy atom. The summed E-state index contributed by atoms with van der Waals surface area (Å²) in [7, 11) is 0. The Hall–Kier alpha value is -9.20. The summed E-state index contributed by atoms with van der Waals surface area (Å²) in [5.74, 6) is 1.20. The molecule has 0 spiro atoms. The summed E-state index contributed by atoms with van der Waals surface area (Å²) in [5, 5.41) is 8.07. The highest BCUT2D eigenvalue weighted by atomic mass is 15.2. The van der Waals surface area contributed by atoms with Gasteiger partial charge in [-0.15, -0.1) is 0 Å². The molecule has 1 aliphatic rings. The lowest BCUT2D eigenvalue weighted by atomic mass is 10.0. The quantitative estimate of drug-likeness (QED) is 0.173. The SMILES string of the molecule is c1ccc(-n2c3ccccc3c3cc(-c4ccc5c(c4)c4ccccc4n5-c4nc5c6c(nc(-c7ccc(-n8c9ccccc9c9ccccc98)cc7)nc6n4)-c4ccccc4-5)ccc32)cc1. The standard InChI is InChI=1S/C60H35N7/c1-2-14-39(15-3-1)65-51-24-12-8-18-43(51)47-34-37(28-32-53(47)65)38-29-33-54-48(35-38)44-19-9-13-25-52(44)67(54)60-62-57-46-21-5-4-20-45(46)56-55(57)59(64-60)63-58(61-56)36-26-30-40(31-27-36)66-49-22-10-6-16-41(49)42-17-7-11-23-50(42)66/h1-35H. The molecule has 0 amide bonds. The van der Waals surface area contributed by atoms with Gasteiger partial charge in [0.05, 0.1) is 49.9 Å². The molecule has 9 aromatic carbocycles. The third kappa shape index (κ3) is 5.16. The Labute approximate surface area is 383 Å². The fourth-order valence-electron chi connectivity index (χ4n) is 10.9. The van der Waals surface area contributed by atoms with Crippen molar-refractivity contribution in [2.75, 3.05) is 0 Å². The molecule has 14 aromatic rings. The fourth-order valence-corrected chi connectivity index (χ4v) is 10.9. The molecule has 0 saturated carbocycles. The Balaban J connectivity index is 0.882. The van der Waals surface area contributed by atoms with Gasteiger partial charge in [-0.25, -0.2) is 15.0 Å². The maximum atomic E-state index is 5.39. The number of benzene rings is 9. The molecule has 15 rings (SSSR count). The van der Waals surface area contributed by atoms with Crippen LogP contribution in [0.1, 0.15) is 0 Å². The first-order valence-electron chi connectivity index (χ1n) is 22.6. The number of para-hydroxylation sites is 5. The average molecular weight is 854 g/mol. The van der Waals surface area contributed by atoms with E-state index in [4.69, 9.17) is 19.9 Å². The summed E-state index contributed by atoms with van der Waals surface area (Å²) >= 11 is 0. The molecular weight excluding hydrogens is 819 g/mol. The van der Waals surface area contributed by atoms with E-state index >= 15 is 0 Å². The third-order valence-electron chi connectivity index (χ3n) is 13.8. The number of nitrogens with zero attached hydrogens (tertiary/aromatic N) is 7. The topological polar surface area (TPSA) is 66.3 Å². The van der Waals surface area contributed by atoms with Crippen LogP contribution in [0.5, 0.6) is 0 Å². The van der Waals surface area contributed by atoms with E-state index in [0.29, 0.717) is 17.4 Å². The normalized spacial score (nSPS) is 12.2. The van der Waals surface area contributed by atoms with Crippen molar-refractivity contribution in [1.29, 1.82) is 0 Å². The van der Waals surface area contributed by atoms with E-state index in [9.17, 15) is 0 Å². The van der Waals surface area contributed by atoms with E-state index in [1.54, 1.807) is 0 Å². The van der Waals surface area contributed by atoms with Gasteiger partial charge < -0.3 is 9.13 Å². The Morgan fingerprint density at radius 3 is 1.27 bits per heavy atom. The van der Waals surface area contributed by atoms with Crippen LogP contribution >= 0.6 is 0 Å². The molecule has 0 bridgehead atoms. The summed E-state index contributed by atoms with van der Waals surface area (Å²) in [6.45, 7) is 0. The van der Waals surface area contributed by atoms with Crippen LogP contribution in [0.25, 0.3) is 139 Å². The monoisotopic (exact) mass is 853 g/mol. The second-order valence-electron chi connectivity index (χ2n) is 17.4. The van der Waals surface area contributed by atoms with Crippen LogP contribution < -0.4 is 0 Å². The van der Waals surface area contributed by atoms with Crippen molar-refractivity contribution >= 4 is 76.5 Å². The van der Waals surface area contributed by atoms with Crippen molar-refractivity contribution in [1.82, 2.24) is 33.6 Å². The molecule has 1 aliphatic carbocycles. The van der Waals surface area contributed by atoms with Gasteiger partial charge in [-0.1, -0.05) is 127 Å². The minimum absolute atomic E-state index is 0.575. The van der Waals surface area contributed by atoms with Crippen LogP contribution in [0.3, 0.4) is 0 Å². The zero-order chi connectivity index (χ0) is 43.7. The molecule has 0 radical (unpaired) electrons. The van der Waals surface area contributed by atoms with Crippen LogP contribution in [-0.4, -0.2) is 33.6 Å². The van der Waals surface area contributed by atoms with Crippen LogP contribution in [0.4, 0.5) is 0 Å². The number of fused-ring (bicyclic) bond motifs is 12. The van der Waals surface area contributed by atoms with Crippen molar-refractivity contribution in [2.45, 2.75) is 0 Å². The summed E-state index contributed by atoms with van der Waals surface area (Å²) in [6.07, 6.45) is 0. The molecule has 0 aliphatic heterocycles. The average Bonchev–Trinajstić information content (AvgIpc) is 4.12. The van der Waals surface area contributed by atoms with E-state index in [0.717, 1.165) is 77.8 Å². The molecule has 0 atom stereocenters. The highest BCUT2D eigenvalue weighted by Crippen LogP contribution is 2.46. The second kappa shape index (κ2) is 13.7. The Morgan fingerprint density at radius 1 is 0.284 bits per heavy atom. The molecule has 7 nitrogen and oxygen atoms in total. The number of rotatable bonds is 5. The lowest BCUT2D eigenvalue weighted by molar-refractivity contribution is 1.00. The maximum absolute atomic E-state index is 5.39. The highest BCUT2D eigenvalue weighted by Gasteiger charge is 2.29. The van der Waals surface area contributed by atoms with E-state index in [-0.39, 0.29) is 0 Å². The fraction of sp³-hybridized carbons (Fsp3) is 0. The molecule has 5 heterocycles. The molecule has 7 heteroatoms. The largest absolute Gasteiger partial charge is 0.309 e. The third-order valence-corrected chi connectivity index (χ3v) is 13.8. The second-order valence-corrected chi connectivity index (χ2v) is 17.4. The lowest BCUT2D eigenvalue weighted by Gasteiger charge is -2.11. The van der Waals surface area contributed by atoms with Gasteiger partial charge in [0.1, 0.15) is 0 Å². The first kappa shape index (κ1) is 36.2. The zero-order valence-electron chi connectivity index (χ0n) is 35.8. The van der Waals surface area contributed by atoms with Crippen LogP contribution in [-0.2, 0) is 0 Å². The minimum atomic E-state index is 0.575. The van der Waals surface area contributed by atoms with Gasteiger partial charge in [-0.2, -0.15) is 4.98 Å². The summed E-state index contributed by atoms with van der Waals surface area (Å²) < 4.78 is 6.89. The molecule has 0 fully saturated rings. The summed E-state index contributed by atoms with van der Waals surface area (Å²) in [5.41, 5.74) is 16.6. The van der Waals surface area contributed by atoms with Gasteiger partial charge in [0.25, 0.3) is 0 Å². The Kier molecular flexibility index (Phi) is 7.37. The molecule has 0 unspecified atom stereocenters. The van der Waals surface area contributed by atoms with Gasteiger partial charge in [0, 0.05) is 60.4 Å². The van der Waals surface area contributed by atoms with Crippen molar-refractivity contribution in [2.24, 2.45) is 0 Å². The predicted molar refractivity (Wildman–Crippen MR) is 273 cm³/mol. The van der Waals surface area contributed by atoms with Gasteiger partial charge >= 0.3 is 0 Å². The van der Waals surface area contributed by atoms with Crippen LogP contribution in [0.2, 0.25) is 0 Å². The van der Waals surface area contributed by atoms with Gasteiger partial charge in [-0.05, 0) is 96.1 Å². The van der Waals surface area contributed by atoms with Gasteiger partial charge in [-0.3, -0.25) is 4.57 Å². The summed E-state index contributed by atoms with van der Waals surface area (Å²) in [6, 6.07) is 75.6. The first-order valence-corrected chi connectivity index (χ1v) is 22.6. The molecular formula is C60H35N7. The molecule has 310 valence electrons. The van der Waals surface area contributed by atoms with Crippen molar-refractivity contribution in [3.8, 4) is 62.4 Å². The first-order chi connectivity index (χ1) is 33.2. The van der Waals surface area contributed by atoms with Crippen molar-refractivity contribution < 1.29 is 0 Å². The van der Waals surface area contributed by atoms with E-state index in [1.807, 2.05) is 0 Å². The summed E-state index contributed by atoms with van der Waals surface area (Å²) in [4.78, 5) is 21.2. The molecule has 0 saturated heterocycles. The Bertz CT molecular complexity index is 4330. The number of aromatic nitrogens is 7. The smallest absolute Gasteiger partial charge is 0.237 e. The van der Waals surface area contributed by atoms with Gasteiger partial charge in [0.15, 0.2) is 11.5 Å². The molecule has 5 aromatic heterocycles. The molecule has 0 N–H and O–H groups in total. The van der Waals surface area contributed by atoms with E-state index in [2.05, 4.69) is 226 Å². The predicted octanol–water partition coefficient (Wildman–Crippen LogP) is 14.7. The van der Waals surface area contributed by atoms with Crippen LogP contribution in [0, 0.1) is 0 Å². The van der Waals surface area contributed by atoms with E-state index < -0.39 is 0 Å². The van der Waals surface area contributed by atoms with Gasteiger partial charge in [0.2, 0.25) is 5.95 Å². The minimum Gasteiger partial charge on any atom is -0.309 e. The van der Waals surface area contributed by atoms with Crippen molar-refractivity contribution in [3.63, 3.8) is 0 Å². The zero-order valence-corrected chi connectivity index (χ0v) is 35.8.